The Morgan fingerprint density at radius 1 is 1.00 bits per heavy atom. The first-order valence-corrected chi connectivity index (χ1v) is 13.2. The summed E-state index contributed by atoms with van der Waals surface area (Å²) in [6.45, 7) is 4.62. The van der Waals surface area contributed by atoms with Crippen LogP contribution in [-0.2, 0) is 6.61 Å². The van der Waals surface area contributed by atoms with Crippen molar-refractivity contribution in [2.24, 2.45) is 0 Å². The maximum absolute atomic E-state index is 12.9. The number of benzene rings is 2. The lowest BCUT2D eigenvalue weighted by molar-refractivity contribution is 0.0860. The largest absolute Gasteiger partial charge is 0.497 e. The Morgan fingerprint density at radius 3 is 2.36 bits per heavy atom. The zero-order chi connectivity index (χ0) is 25.5. The average molecular weight is 508 g/mol. The maximum Gasteiger partial charge on any atom is 0.271 e. The van der Waals surface area contributed by atoms with Gasteiger partial charge in [0.2, 0.25) is 0 Å². The van der Waals surface area contributed by atoms with Crippen LogP contribution in [0.2, 0.25) is 0 Å². The van der Waals surface area contributed by atoms with Crippen LogP contribution in [-0.4, -0.2) is 36.0 Å². The van der Waals surface area contributed by atoms with E-state index in [0.717, 1.165) is 36.4 Å². The third-order valence-corrected chi connectivity index (χ3v) is 7.25. The Morgan fingerprint density at radius 2 is 1.69 bits per heavy atom. The normalized spacial score (nSPS) is 17.4. The number of nitrogens with zero attached hydrogens (tertiary/aromatic N) is 1. The number of carbonyl (C=O) groups excluding carboxylic acids is 2. The summed E-state index contributed by atoms with van der Waals surface area (Å²) in [7, 11) is 1.57. The number of rotatable bonds is 9. The SMILES string of the molecule is COc1cccc(C(=O)N[C@@H]2CCCC[C@H]2NC(=O)c2csc(COc3ccc(C(C)C)cc3)n2)c1. The van der Waals surface area contributed by atoms with Crippen molar-refractivity contribution < 1.29 is 19.1 Å². The zero-order valence-corrected chi connectivity index (χ0v) is 21.8. The molecule has 8 heteroatoms. The predicted octanol–water partition coefficient (Wildman–Crippen LogP) is 5.33. The topological polar surface area (TPSA) is 89.6 Å². The van der Waals surface area contributed by atoms with Crippen molar-refractivity contribution in [1.29, 1.82) is 0 Å². The lowest BCUT2D eigenvalue weighted by Gasteiger charge is -2.32. The minimum absolute atomic E-state index is 0.142. The Hall–Kier alpha value is -3.39. The zero-order valence-electron chi connectivity index (χ0n) is 21.0. The molecule has 1 aliphatic carbocycles. The molecule has 0 aliphatic heterocycles. The van der Waals surface area contributed by atoms with Gasteiger partial charge < -0.3 is 20.1 Å². The van der Waals surface area contributed by atoms with Crippen LogP contribution in [0.25, 0.3) is 0 Å². The van der Waals surface area contributed by atoms with Crippen LogP contribution in [0.15, 0.2) is 53.9 Å². The summed E-state index contributed by atoms with van der Waals surface area (Å²) < 4.78 is 11.1. The number of aromatic nitrogens is 1. The van der Waals surface area contributed by atoms with Gasteiger partial charge in [0.05, 0.1) is 7.11 Å². The summed E-state index contributed by atoms with van der Waals surface area (Å²) in [6.07, 6.45) is 3.63. The highest BCUT2D eigenvalue weighted by atomic mass is 32.1. The molecule has 2 N–H and O–H groups in total. The Balaban J connectivity index is 1.33. The molecule has 1 saturated carbocycles. The van der Waals surface area contributed by atoms with Gasteiger partial charge in [-0.25, -0.2) is 4.98 Å². The van der Waals surface area contributed by atoms with Gasteiger partial charge >= 0.3 is 0 Å². The fraction of sp³-hybridized carbons (Fsp3) is 0.393. The van der Waals surface area contributed by atoms with Gasteiger partial charge in [-0.2, -0.15) is 0 Å². The maximum atomic E-state index is 12.9. The van der Waals surface area contributed by atoms with E-state index in [2.05, 4.69) is 41.6 Å². The van der Waals surface area contributed by atoms with Crippen LogP contribution < -0.4 is 20.1 Å². The van der Waals surface area contributed by atoms with E-state index in [1.165, 1.54) is 16.9 Å². The third kappa shape index (κ3) is 6.63. The van der Waals surface area contributed by atoms with Gasteiger partial charge in [-0.05, 0) is 54.7 Å². The van der Waals surface area contributed by atoms with Gasteiger partial charge in [0, 0.05) is 23.0 Å². The second-order valence-electron chi connectivity index (χ2n) is 9.32. The van der Waals surface area contributed by atoms with Gasteiger partial charge in [-0.1, -0.05) is 44.9 Å². The first-order valence-electron chi connectivity index (χ1n) is 12.4. The summed E-state index contributed by atoms with van der Waals surface area (Å²) in [4.78, 5) is 30.2. The van der Waals surface area contributed by atoms with Crippen molar-refractivity contribution in [2.75, 3.05) is 7.11 Å². The Labute approximate surface area is 216 Å². The molecular formula is C28H33N3O4S. The number of hydrogen-bond donors (Lipinski definition) is 2. The summed E-state index contributed by atoms with van der Waals surface area (Å²) in [5.74, 6) is 1.48. The molecule has 36 heavy (non-hydrogen) atoms. The molecule has 0 spiro atoms. The lowest BCUT2D eigenvalue weighted by atomic mass is 9.90. The van der Waals surface area contributed by atoms with E-state index in [1.807, 2.05) is 12.1 Å². The van der Waals surface area contributed by atoms with Gasteiger partial charge in [0.15, 0.2) is 0 Å². The van der Waals surface area contributed by atoms with Crippen molar-refractivity contribution in [1.82, 2.24) is 15.6 Å². The highest BCUT2D eigenvalue weighted by molar-refractivity contribution is 7.09. The van der Waals surface area contributed by atoms with Gasteiger partial charge in [-0.15, -0.1) is 11.3 Å². The highest BCUT2D eigenvalue weighted by Crippen LogP contribution is 2.22. The third-order valence-electron chi connectivity index (χ3n) is 6.42. The van der Waals surface area contributed by atoms with Crippen molar-refractivity contribution >= 4 is 23.2 Å². The van der Waals surface area contributed by atoms with Gasteiger partial charge in [0.25, 0.3) is 11.8 Å². The molecule has 0 bridgehead atoms. The molecule has 0 unspecified atom stereocenters. The first kappa shape index (κ1) is 25.7. The van der Waals surface area contributed by atoms with E-state index in [-0.39, 0.29) is 23.9 Å². The minimum atomic E-state index is -0.230. The van der Waals surface area contributed by atoms with E-state index in [9.17, 15) is 9.59 Å². The molecule has 1 fully saturated rings. The molecule has 7 nitrogen and oxygen atoms in total. The predicted molar refractivity (Wildman–Crippen MR) is 141 cm³/mol. The number of carbonyl (C=O) groups is 2. The van der Waals surface area contributed by atoms with Crippen LogP contribution >= 0.6 is 11.3 Å². The quantitative estimate of drug-likeness (QED) is 0.409. The van der Waals surface area contributed by atoms with Crippen LogP contribution in [0.5, 0.6) is 11.5 Å². The molecule has 0 saturated heterocycles. The molecule has 0 radical (unpaired) electrons. The van der Waals surface area contributed by atoms with Crippen molar-refractivity contribution in [3.05, 3.63) is 75.7 Å². The molecule has 4 rings (SSSR count). The second kappa shape index (κ2) is 12.0. The van der Waals surface area contributed by atoms with Crippen molar-refractivity contribution in [2.45, 2.75) is 64.1 Å². The number of thiazole rings is 1. The number of methoxy groups -OCH3 is 1. The standard InChI is InChI=1S/C28H33N3O4S/c1-18(2)19-11-13-21(14-12-19)35-16-26-29-25(17-36-26)28(33)31-24-10-5-4-9-23(24)30-27(32)20-7-6-8-22(15-20)34-3/h6-8,11-15,17-18,23-24H,4-5,9-10,16H2,1-3H3,(H,30,32)(H,31,33)/t23-,24-/m1/s1. The smallest absolute Gasteiger partial charge is 0.271 e. The molecule has 1 aliphatic rings. The molecule has 2 atom stereocenters. The monoisotopic (exact) mass is 507 g/mol. The molecule has 3 aromatic rings. The summed E-state index contributed by atoms with van der Waals surface area (Å²) in [5.41, 5.74) is 2.17. The fourth-order valence-corrected chi connectivity index (χ4v) is 5.00. The number of ether oxygens (including phenoxy) is 2. The van der Waals surface area contributed by atoms with Crippen molar-refractivity contribution in [3.63, 3.8) is 0 Å². The van der Waals surface area contributed by atoms with E-state index in [1.54, 1.807) is 36.8 Å². The Bertz CT molecular complexity index is 1180. The average Bonchev–Trinajstić information content (AvgIpc) is 3.38. The lowest BCUT2D eigenvalue weighted by Crippen LogP contribution is -2.53. The van der Waals surface area contributed by atoms with Crippen LogP contribution in [0.3, 0.4) is 0 Å². The first-order chi connectivity index (χ1) is 17.4. The molecule has 1 heterocycles. The van der Waals surface area contributed by atoms with E-state index < -0.39 is 0 Å². The molecule has 2 amide bonds. The van der Waals surface area contributed by atoms with Crippen LogP contribution in [0.1, 0.15) is 76.9 Å². The number of amides is 2. The molecule has 1 aromatic heterocycles. The van der Waals surface area contributed by atoms with Crippen LogP contribution in [0, 0.1) is 0 Å². The van der Waals surface area contributed by atoms with E-state index >= 15 is 0 Å². The Kier molecular flexibility index (Phi) is 8.59. The molecular weight excluding hydrogens is 474 g/mol. The van der Waals surface area contributed by atoms with Crippen molar-refractivity contribution in [3.8, 4) is 11.5 Å². The second-order valence-corrected chi connectivity index (χ2v) is 10.3. The summed E-state index contributed by atoms with van der Waals surface area (Å²) in [6, 6.07) is 14.8. The summed E-state index contributed by atoms with van der Waals surface area (Å²) >= 11 is 1.40. The van der Waals surface area contributed by atoms with E-state index in [4.69, 9.17) is 9.47 Å². The summed E-state index contributed by atoms with van der Waals surface area (Å²) in [5, 5.41) is 8.68. The highest BCUT2D eigenvalue weighted by Gasteiger charge is 2.29. The number of nitrogens with one attached hydrogen (secondary N) is 2. The van der Waals surface area contributed by atoms with Gasteiger partial charge in [0.1, 0.15) is 28.8 Å². The number of hydrogen-bond acceptors (Lipinski definition) is 6. The molecule has 190 valence electrons. The van der Waals surface area contributed by atoms with Crippen LogP contribution in [0.4, 0.5) is 0 Å². The molecule has 2 aromatic carbocycles. The van der Waals surface area contributed by atoms with E-state index in [0.29, 0.717) is 29.5 Å². The van der Waals surface area contributed by atoms with Gasteiger partial charge in [-0.3, -0.25) is 9.59 Å². The fourth-order valence-electron chi connectivity index (χ4n) is 4.31. The minimum Gasteiger partial charge on any atom is -0.497 e.